The van der Waals surface area contributed by atoms with Gasteiger partial charge in [-0.1, -0.05) is 18.2 Å². The van der Waals surface area contributed by atoms with Gasteiger partial charge in [-0.05, 0) is 76.3 Å². The van der Waals surface area contributed by atoms with E-state index < -0.39 is 36.0 Å². The molecule has 280 valence electrons. The molecule has 1 aromatic heterocycles. The summed E-state index contributed by atoms with van der Waals surface area (Å²) in [6, 6.07) is 8.75. The van der Waals surface area contributed by atoms with Crippen LogP contribution in [-0.4, -0.2) is 129 Å². The number of esters is 1. The van der Waals surface area contributed by atoms with Crippen molar-refractivity contribution in [1.82, 2.24) is 35.1 Å². The molecule has 2 saturated carbocycles. The second kappa shape index (κ2) is 16.9. The van der Waals surface area contributed by atoms with Crippen molar-refractivity contribution in [2.75, 3.05) is 39.3 Å². The van der Waals surface area contributed by atoms with Crippen molar-refractivity contribution in [1.29, 1.82) is 0 Å². The van der Waals surface area contributed by atoms with Gasteiger partial charge in [-0.25, -0.2) is 9.48 Å². The van der Waals surface area contributed by atoms with Crippen molar-refractivity contribution in [2.45, 2.75) is 94.9 Å². The summed E-state index contributed by atoms with van der Waals surface area (Å²) in [7, 11) is 0. The van der Waals surface area contributed by atoms with Gasteiger partial charge in [0.15, 0.2) is 12.3 Å². The van der Waals surface area contributed by atoms with Gasteiger partial charge in [0.25, 0.3) is 11.8 Å². The van der Waals surface area contributed by atoms with Gasteiger partial charge < -0.3 is 39.9 Å². The van der Waals surface area contributed by atoms with Crippen LogP contribution in [0, 0.1) is 0 Å². The molecule has 2 aromatic rings. The van der Waals surface area contributed by atoms with Gasteiger partial charge in [0.1, 0.15) is 18.2 Å². The summed E-state index contributed by atoms with van der Waals surface area (Å²) in [5.41, 5.74) is 0.466. The van der Waals surface area contributed by atoms with Gasteiger partial charge in [-0.2, -0.15) is 5.10 Å². The molecular formula is C36H47N7O9. The SMILES string of the molecule is O=C(CCC(NC(=O)c1cc(OCC(=O)N2CCCC2C(=O)NC2CCC2)n(-c2ccccc2)n1)C(=O)N1CCN(C(=O)O)CC1)OC1CCCC1. The Labute approximate surface area is 301 Å². The summed E-state index contributed by atoms with van der Waals surface area (Å²) < 4.78 is 12.9. The normalized spacial score (nSPS) is 19.8. The van der Waals surface area contributed by atoms with Crippen molar-refractivity contribution in [2.24, 2.45) is 0 Å². The Hall–Kier alpha value is -5.15. The smallest absolute Gasteiger partial charge is 0.407 e. The van der Waals surface area contributed by atoms with E-state index in [1.165, 1.54) is 25.4 Å². The number of carbonyl (C=O) groups is 6. The molecule has 16 heteroatoms. The molecule has 6 rings (SSSR count). The Morgan fingerprint density at radius 1 is 0.865 bits per heavy atom. The second-order valence-electron chi connectivity index (χ2n) is 13.8. The molecule has 5 amide bonds. The van der Waals surface area contributed by atoms with Crippen LogP contribution < -0.4 is 15.4 Å². The number of carbonyl (C=O) groups excluding carboxylic acids is 5. The molecule has 52 heavy (non-hydrogen) atoms. The molecule has 2 aliphatic carbocycles. The standard InChI is InChI=1S/C36H47N7O9/c44-30(42-17-7-14-29(42)34(47)37-24-8-6-9-24)23-51-31-22-28(39-43(31)25-10-2-1-3-11-25)33(46)38-27(15-16-32(45)52-26-12-4-5-13-26)35(48)40-18-20-41(21-19-40)36(49)50/h1-3,10-11,22,24,26-27,29H,4-9,12-21,23H2,(H,37,47)(H,38,46)(H,49,50). The first-order valence-corrected chi connectivity index (χ1v) is 18.3. The number of aromatic nitrogens is 2. The summed E-state index contributed by atoms with van der Waals surface area (Å²) in [5.74, 6) is -2.01. The quantitative estimate of drug-likeness (QED) is 0.258. The van der Waals surface area contributed by atoms with Crippen LogP contribution in [0.4, 0.5) is 4.79 Å². The minimum absolute atomic E-state index is 0.0299. The number of carboxylic acid groups (broad SMARTS) is 1. The first-order chi connectivity index (χ1) is 25.2. The molecule has 2 aliphatic heterocycles. The molecule has 0 radical (unpaired) electrons. The zero-order valence-corrected chi connectivity index (χ0v) is 29.2. The number of likely N-dealkylation sites (tertiary alicyclic amines) is 1. The number of nitrogens with zero attached hydrogens (tertiary/aromatic N) is 5. The maximum absolute atomic E-state index is 13.8. The summed E-state index contributed by atoms with van der Waals surface area (Å²) in [6.07, 6.45) is 6.47. The van der Waals surface area contributed by atoms with Crippen LogP contribution >= 0.6 is 0 Å². The number of benzene rings is 1. The largest absolute Gasteiger partial charge is 0.467 e. The molecule has 16 nitrogen and oxygen atoms in total. The van der Waals surface area contributed by atoms with Crippen molar-refractivity contribution in [3.8, 4) is 11.6 Å². The first kappa shape index (κ1) is 36.6. The van der Waals surface area contributed by atoms with E-state index in [1.54, 1.807) is 24.3 Å². The number of amides is 5. The number of piperazine rings is 1. The number of nitrogens with one attached hydrogen (secondary N) is 2. The maximum atomic E-state index is 13.8. The van der Waals surface area contributed by atoms with Gasteiger partial charge in [-0.3, -0.25) is 24.0 Å². The van der Waals surface area contributed by atoms with Crippen molar-refractivity contribution in [3.63, 3.8) is 0 Å². The highest BCUT2D eigenvalue weighted by Crippen LogP contribution is 2.25. The summed E-state index contributed by atoms with van der Waals surface area (Å²) >= 11 is 0. The van der Waals surface area contributed by atoms with Gasteiger partial charge >= 0.3 is 12.1 Å². The third-order valence-corrected chi connectivity index (χ3v) is 10.3. The van der Waals surface area contributed by atoms with E-state index in [9.17, 15) is 33.9 Å². The predicted octanol–water partition coefficient (Wildman–Crippen LogP) is 2.10. The minimum Gasteiger partial charge on any atom is -0.467 e. The fourth-order valence-electron chi connectivity index (χ4n) is 7.08. The highest BCUT2D eigenvalue weighted by Gasteiger charge is 2.36. The van der Waals surface area contributed by atoms with E-state index >= 15 is 0 Å². The Balaban J connectivity index is 1.15. The van der Waals surface area contributed by atoms with Crippen LogP contribution in [0.2, 0.25) is 0 Å². The molecule has 4 fully saturated rings. The van der Waals surface area contributed by atoms with Crippen LogP contribution in [0.5, 0.6) is 5.88 Å². The molecular weight excluding hydrogens is 674 g/mol. The van der Waals surface area contributed by atoms with Crippen molar-refractivity contribution < 1.29 is 43.3 Å². The molecule has 3 N–H and O–H groups in total. The molecule has 2 unspecified atom stereocenters. The van der Waals surface area contributed by atoms with E-state index in [1.807, 2.05) is 6.07 Å². The lowest BCUT2D eigenvalue weighted by atomic mass is 9.93. The number of ether oxygens (including phenoxy) is 2. The van der Waals surface area contributed by atoms with Crippen LogP contribution in [-0.2, 0) is 23.9 Å². The Kier molecular flexibility index (Phi) is 11.9. The van der Waals surface area contributed by atoms with Gasteiger partial charge in [0.05, 0.1) is 5.69 Å². The minimum atomic E-state index is -1.12. The number of para-hydroxylation sites is 1. The Morgan fingerprint density at radius 2 is 1.58 bits per heavy atom. The summed E-state index contributed by atoms with van der Waals surface area (Å²) in [5, 5.41) is 19.6. The van der Waals surface area contributed by atoms with E-state index in [0.717, 1.165) is 44.9 Å². The van der Waals surface area contributed by atoms with E-state index in [2.05, 4.69) is 15.7 Å². The monoisotopic (exact) mass is 721 g/mol. The van der Waals surface area contributed by atoms with Crippen LogP contribution in [0.3, 0.4) is 0 Å². The fourth-order valence-corrected chi connectivity index (χ4v) is 7.08. The molecule has 4 aliphatic rings. The molecule has 1 aromatic carbocycles. The average Bonchev–Trinajstić information content (AvgIpc) is 3.92. The van der Waals surface area contributed by atoms with Gasteiger partial charge in [0, 0.05) is 51.3 Å². The van der Waals surface area contributed by atoms with Crippen LogP contribution in [0.15, 0.2) is 36.4 Å². The lowest BCUT2D eigenvalue weighted by molar-refractivity contribution is -0.149. The molecule has 2 saturated heterocycles. The number of rotatable bonds is 13. The summed E-state index contributed by atoms with van der Waals surface area (Å²) in [6.45, 7) is 0.563. The lowest BCUT2D eigenvalue weighted by Crippen LogP contribution is -2.55. The lowest BCUT2D eigenvalue weighted by Gasteiger charge is -2.35. The molecule has 0 spiro atoms. The van der Waals surface area contributed by atoms with Crippen LogP contribution in [0.1, 0.15) is 81.1 Å². The molecule has 0 bridgehead atoms. The zero-order valence-electron chi connectivity index (χ0n) is 29.2. The maximum Gasteiger partial charge on any atom is 0.407 e. The molecule has 3 heterocycles. The molecule has 2 atom stereocenters. The average molecular weight is 722 g/mol. The van der Waals surface area contributed by atoms with Crippen molar-refractivity contribution in [3.05, 3.63) is 42.1 Å². The van der Waals surface area contributed by atoms with E-state index in [4.69, 9.17) is 9.47 Å². The fraction of sp³-hybridized carbons (Fsp3) is 0.583. The Morgan fingerprint density at radius 3 is 2.25 bits per heavy atom. The topological polar surface area (TPSA) is 193 Å². The number of hydrogen-bond acceptors (Lipinski definition) is 9. The van der Waals surface area contributed by atoms with E-state index in [-0.39, 0.29) is 81.2 Å². The van der Waals surface area contributed by atoms with E-state index in [0.29, 0.717) is 25.1 Å². The second-order valence-corrected chi connectivity index (χ2v) is 13.8. The van der Waals surface area contributed by atoms with Gasteiger partial charge in [0.2, 0.25) is 17.7 Å². The van der Waals surface area contributed by atoms with Gasteiger partial charge in [-0.15, -0.1) is 0 Å². The first-order valence-electron chi connectivity index (χ1n) is 18.3. The Bertz CT molecular complexity index is 1610. The van der Waals surface area contributed by atoms with Crippen molar-refractivity contribution >= 4 is 35.7 Å². The summed E-state index contributed by atoms with van der Waals surface area (Å²) in [4.78, 5) is 82.1. The third kappa shape index (κ3) is 9.01. The number of hydrogen-bond donors (Lipinski definition) is 3. The predicted molar refractivity (Wildman–Crippen MR) is 185 cm³/mol. The zero-order chi connectivity index (χ0) is 36.6. The van der Waals surface area contributed by atoms with Crippen LogP contribution in [0.25, 0.3) is 5.69 Å². The highest BCUT2D eigenvalue weighted by molar-refractivity contribution is 5.96. The third-order valence-electron chi connectivity index (χ3n) is 10.3. The highest BCUT2D eigenvalue weighted by atomic mass is 16.5.